The van der Waals surface area contributed by atoms with Crippen LogP contribution in [0.15, 0.2) is 18.6 Å². The topological polar surface area (TPSA) is 91.8 Å². The minimum Gasteiger partial charge on any atom is -0.478 e. The summed E-state index contributed by atoms with van der Waals surface area (Å²) in [7, 11) is 0. The highest BCUT2D eigenvalue weighted by molar-refractivity contribution is 5.88. The first-order chi connectivity index (χ1) is 8.09. The minimum absolute atomic E-state index is 0.0738. The molecule has 0 saturated carbocycles. The summed E-state index contributed by atoms with van der Waals surface area (Å²) in [6.45, 7) is 0. The first-order valence-electron chi connectivity index (χ1n) is 4.47. The van der Waals surface area contributed by atoms with E-state index < -0.39 is 23.7 Å². The molecule has 17 heavy (non-hydrogen) atoms. The van der Waals surface area contributed by atoms with Crippen LogP contribution in [-0.2, 0) is 0 Å². The normalized spacial score (nSPS) is 10.8. The van der Waals surface area contributed by atoms with Crippen LogP contribution in [0.5, 0.6) is 0 Å². The molecule has 0 amide bonds. The summed E-state index contributed by atoms with van der Waals surface area (Å²) in [4.78, 5) is 24.3. The maximum Gasteiger partial charge on any atom is 0.339 e. The number of carboxylic acid groups (broad SMARTS) is 1. The molecule has 8 heteroatoms. The fourth-order valence-electron chi connectivity index (χ4n) is 1.23. The van der Waals surface area contributed by atoms with Gasteiger partial charge in [-0.3, -0.25) is 0 Å². The Labute approximate surface area is 93.4 Å². The third kappa shape index (κ3) is 2.10. The van der Waals surface area contributed by atoms with Crippen molar-refractivity contribution in [2.24, 2.45) is 0 Å². The van der Waals surface area contributed by atoms with Crippen LogP contribution < -0.4 is 0 Å². The Kier molecular flexibility index (Phi) is 2.77. The molecule has 2 heterocycles. The molecule has 0 spiro atoms. The zero-order valence-corrected chi connectivity index (χ0v) is 8.26. The second-order valence-corrected chi connectivity index (χ2v) is 3.04. The van der Waals surface area contributed by atoms with Crippen LogP contribution in [0.25, 0.3) is 11.6 Å². The number of H-pyrrole nitrogens is 1. The maximum atomic E-state index is 12.6. The Balaban J connectivity index is 2.53. The molecule has 2 aromatic rings. The predicted octanol–water partition coefficient (Wildman–Crippen LogP) is 1.50. The number of hydrogen-bond donors (Lipinski definition) is 2. The van der Waals surface area contributed by atoms with Gasteiger partial charge in [-0.1, -0.05) is 0 Å². The monoisotopic (exact) mass is 240 g/mol. The molecule has 2 N–H and O–H groups in total. The lowest BCUT2D eigenvalue weighted by molar-refractivity contribution is 0.0681. The number of alkyl halides is 2. The van der Waals surface area contributed by atoms with Crippen LogP contribution in [-0.4, -0.2) is 31.0 Å². The Morgan fingerprint density at radius 1 is 1.41 bits per heavy atom. The van der Waals surface area contributed by atoms with Crippen molar-refractivity contribution in [2.75, 3.05) is 0 Å². The number of nitrogens with zero attached hydrogens (tertiary/aromatic N) is 3. The van der Waals surface area contributed by atoms with E-state index in [-0.39, 0.29) is 11.6 Å². The van der Waals surface area contributed by atoms with Gasteiger partial charge in [0.05, 0.1) is 0 Å². The first-order valence-corrected chi connectivity index (χ1v) is 4.47. The van der Waals surface area contributed by atoms with Gasteiger partial charge in [-0.05, 0) is 0 Å². The molecule has 0 atom stereocenters. The lowest BCUT2D eigenvalue weighted by Gasteiger charge is -2.04. The predicted molar refractivity (Wildman–Crippen MR) is 51.5 cm³/mol. The van der Waals surface area contributed by atoms with Crippen molar-refractivity contribution in [1.82, 2.24) is 19.9 Å². The van der Waals surface area contributed by atoms with Crippen molar-refractivity contribution in [3.05, 3.63) is 29.8 Å². The van der Waals surface area contributed by atoms with E-state index >= 15 is 0 Å². The summed E-state index contributed by atoms with van der Waals surface area (Å²) in [5, 5.41) is 8.70. The molecule has 0 radical (unpaired) electrons. The molecule has 0 aliphatic rings. The van der Waals surface area contributed by atoms with Gasteiger partial charge in [0.25, 0.3) is 6.43 Å². The Morgan fingerprint density at radius 2 is 2.18 bits per heavy atom. The molecule has 0 aliphatic carbocycles. The number of rotatable bonds is 3. The summed E-state index contributed by atoms with van der Waals surface area (Å²) in [6.07, 6.45) is 0.740. The van der Waals surface area contributed by atoms with Gasteiger partial charge in [-0.15, -0.1) is 0 Å². The van der Waals surface area contributed by atoms with Crippen LogP contribution in [0, 0.1) is 0 Å². The molecule has 2 rings (SSSR count). The standard InChI is InChI=1S/C9H6F2N4O2/c10-6(11)5-4(9(16)17)3-14-8(15-5)7-12-1-2-13-7/h1-3,6H,(H,12,13)(H,16,17). The SMILES string of the molecule is O=C(O)c1cnc(-c2ncc[nH]2)nc1C(F)F. The van der Waals surface area contributed by atoms with Crippen LogP contribution in [0.1, 0.15) is 22.5 Å². The highest BCUT2D eigenvalue weighted by Crippen LogP contribution is 2.22. The fraction of sp³-hybridized carbons (Fsp3) is 0.111. The summed E-state index contributed by atoms with van der Waals surface area (Å²) < 4.78 is 25.3. The third-order valence-corrected chi connectivity index (χ3v) is 1.97. The quantitative estimate of drug-likeness (QED) is 0.848. The lowest BCUT2D eigenvalue weighted by atomic mass is 10.2. The largest absolute Gasteiger partial charge is 0.478 e. The number of hydrogen-bond acceptors (Lipinski definition) is 4. The zero-order valence-electron chi connectivity index (χ0n) is 8.26. The van der Waals surface area contributed by atoms with Gasteiger partial charge in [-0.25, -0.2) is 28.5 Å². The minimum atomic E-state index is -2.99. The van der Waals surface area contributed by atoms with Gasteiger partial charge in [0.1, 0.15) is 11.3 Å². The van der Waals surface area contributed by atoms with Crippen molar-refractivity contribution in [2.45, 2.75) is 6.43 Å². The Morgan fingerprint density at radius 3 is 2.71 bits per heavy atom. The average Bonchev–Trinajstić information content (AvgIpc) is 2.81. The van der Waals surface area contributed by atoms with Gasteiger partial charge >= 0.3 is 5.97 Å². The van der Waals surface area contributed by atoms with E-state index in [1.54, 1.807) is 0 Å². The molecule has 0 unspecified atom stereocenters. The second-order valence-electron chi connectivity index (χ2n) is 3.04. The maximum absolute atomic E-state index is 12.6. The Bertz CT molecular complexity index is 542. The summed E-state index contributed by atoms with van der Waals surface area (Å²) >= 11 is 0. The highest BCUT2D eigenvalue weighted by Gasteiger charge is 2.21. The summed E-state index contributed by atoms with van der Waals surface area (Å²) in [5.74, 6) is -1.37. The zero-order chi connectivity index (χ0) is 12.4. The van der Waals surface area contributed by atoms with Gasteiger partial charge in [-0.2, -0.15) is 0 Å². The smallest absolute Gasteiger partial charge is 0.339 e. The van der Waals surface area contributed by atoms with Crippen LogP contribution in [0.2, 0.25) is 0 Å². The molecule has 0 aromatic carbocycles. The van der Waals surface area contributed by atoms with Crippen LogP contribution >= 0.6 is 0 Å². The molecule has 0 fully saturated rings. The number of halogens is 2. The second kappa shape index (κ2) is 4.24. The molecule has 2 aromatic heterocycles. The lowest BCUT2D eigenvalue weighted by Crippen LogP contribution is -2.08. The van der Waals surface area contributed by atoms with Gasteiger partial charge < -0.3 is 10.1 Å². The average molecular weight is 240 g/mol. The molecular formula is C9H6F2N4O2. The number of carbonyl (C=O) groups is 1. The molecule has 0 aliphatic heterocycles. The van der Waals surface area contributed by atoms with E-state index in [2.05, 4.69) is 19.9 Å². The number of aromatic amines is 1. The van der Waals surface area contributed by atoms with Crippen molar-refractivity contribution in [3.8, 4) is 11.6 Å². The van der Waals surface area contributed by atoms with E-state index in [0.717, 1.165) is 6.20 Å². The van der Waals surface area contributed by atoms with E-state index in [1.165, 1.54) is 12.4 Å². The van der Waals surface area contributed by atoms with Crippen molar-refractivity contribution >= 4 is 5.97 Å². The molecule has 0 saturated heterocycles. The van der Waals surface area contributed by atoms with Crippen molar-refractivity contribution in [3.63, 3.8) is 0 Å². The van der Waals surface area contributed by atoms with Gasteiger partial charge in [0.15, 0.2) is 11.6 Å². The number of aromatic carboxylic acids is 1. The van der Waals surface area contributed by atoms with Gasteiger partial charge in [0, 0.05) is 18.6 Å². The van der Waals surface area contributed by atoms with E-state index in [9.17, 15) is 13.6 Å². The summed E-state index contributed by atoms with van der Waals surface area (Å²) in [6, 6.07) is 0. The number of imidazole rings is 1. The van der Waals surface area contributed by atoms with E-state index in [0.29, 0.717) is 0 Å². The van der Waals surface area contributed by atoms with Crippen molar-refractivity contribution < 1.29 is 18.7 Å². The molecule has 6 nitrogen and oxygen atoms in total. The van der Waals surface area contributed by atoms with Gasteiger partial charge in [0.2, 0.25) is 0 Å². The third-order valence-electron chi connectivity index (χ3n) is 1.97. The fourth-order valence-corrected chi connectivity index (χ4v) is 1.23. The molecule has 88 valence electrons. The number of aromatic nitrogens is 4. The Hall–Kier alpha value is -2.38. The van der Waals surface area contributed by atoms with E-state index in [1.807, 2.05) is 0 Å². The van der Waals surface area contributed by atoms with Crippen LogP contribution in [0.4, 0.5) is 8.78 Å². The van der Waals surface area contributed by atoms with E-state index in [4.69, 9.17) is 5.11 Å². The summed E-state index contributed by atoms with van der Waals surface area (Å²) in [5.41, 5.74) is -1.44. The van der Waals surface area contributed by atoms with Crippen molar-refractivity contribution in [1.29, 1.82) is 0 Å². The number of nitrogens with one attached hydrogen (secondary N) is 1. The molecule has 0 bridgehead atoms. The highest BCUT2D eigenvalue weighted by atomic mass is 19.3. The first kappa shape index (κ1) is 11.1. The molecular weight excluding hydrogens is 234 g/mol. The van der Waals surface area contributed by atoms with Crippen LogP contribution in [0.3, 0.4) is 0 Å². The number of carboxylic acids is 1.